The molecule has 0 amide bonds. The fourth-order valence-corrected chi connectivity index (χ4v) is 3.41. The standard InChI is InChI=1S/C19H26N4O2S/c1-4-20-19(23(3)12-16-13-26-14(2)22-16)21-11-15-7-5-8-17-18(15)25-10-6-9-24-17/h5,7-8,13H,4,6,9-12H2,1-3H3,(H,20,21). The number of rotatable bonds is 5. The summed E-state index contributed by atoms with van der Waals surface area (Å²) < 4.78 is 11.7. The number of aromatic nitrogens is 1. The van der Waals surface area contributed by atoms with Gasteiger partial charge in [-0.25, -0.2) is 9.98 Å². The van der Waals surface area contributed by atoms with E-state index in [0.29, 0.717) is 19.8 Å². The molecule has 2 aromatic rings. The summed E-state index contributed by atoms with van der Waals surface area (Å²) in [6.45, 7) is 7.54. The molecular weight excluding hydrogens is 348 g/mol. The van der Waals surface area contributed by atoms with E-state index in [2.05, 4.69) is 27.5 Å². The maximum atomic E-state index is 5.89. The number of guanidine groups is 1. The first-order valence-electron chi connectivity index (χ1n) is 8.95. The van der Waals surface area contributed by atoms with Crippen molar-refractivity contribution < 1.29 is 9.47 Å². The second kappa shape index (κ2) is 8.89. The summed E-state index contributed by atoms with van der Waals surface area (Å²) in [5, 5.41) is 6.53. The lowest BCUT2D eigenvalue weighted by molar-refractivity contribution is 0.296. The van der Waals surface area contributed by atoms with Gasteiger partial charge in [0.1, 0.15) is 0 Å². The highest BCUT2D eigenvalue weighted by Gasteiger charge is 2.15. The molecule has 0 atom stereocenters. The van der Waals surface area contributed by atoms with Gasteiger partial charge in [-0.15, -0.1) is 11.3 Å². The zero-order valence-electron chi connectivity index (χ0n) is 15.6. The number of fused-ring (bicyclic) bond motifs is 1. The lowest BCUT2D eigenvalue weighted by Crippen LogP contribution is -2.38. The van der Waals surface area contributed by atoms with Crippen LogP contribution in [0.15, 0.2) is 28.6 Å². The van der Waals surface area contributed by atoms with Crippen molar-refractivity contribution in [2.75, 3.05) is 26.8 Å². The van der Waals surface area contributed by atoms with E-state index in [1.165, 1.54) is 0 Å². The van der Waals surface area contributed by atoms with Crippen LogP contribution in [-0.2, 0) is 13.1 Å². The minimum Gasteiger partial charge on any atom is -0.490 e. The van der Waals surface area contributed by atoms with Gasteiger partial charge in [-0.1, -0.05) is 12.1 Å². The van der Waals surface area contributed by atoms with Crippen LogP contribution in [0.2, 0.25) is 0 Å². The molecule has 0 saturated heterocycles. The summed E-state index contributed by atoms with van der Waals surface area (Å²) in [6, 6.07) is 5.99. The van der Waals surface area contributed by atoms with Crippen LogP contribution in [0, 0.1) is 6.92 Å². The van der Waals surface area contributed by atoms with Crippen LogP contribution in [0.5, 0.6) is 11.5 Å². The highest BCUT2D eigenvalue weighted by molar-refractivity contribution is 7.09. The van der Waals surface area contributed by atoms with Gasteiger partial charge >= 0.3 is 0 Å². The highest BCUT2D eigenvalue weighted by Crippen LogP contribution is 2.33. The zero-order chi connectivity index (χ0) is 18.4. The van der Waals surface area contributed by atoms with Crippen LogP contribution in [0.25, 0.3) is 0 Å². The van der Waals surface area contributed by atoms with E-state index >= 15 is 0 Å². The molecule has 2 heterocycles. The summed E-state index contributed by atoms with van der Waals surface area (Å²) in [6.07, 6.45) is 0.899. The van der Waals surface area contributed by atoms with Gasteiger partial charge < -0.3 is 19.7 Å². The van der Waals surface area contributed by atoms with Crippen molar-refractivity contribution in [3.63, 3.8) is 0 Å². The number of aliphatic imine (C=N–C) groups is 1. The molecule has 0 fully saturated rings. The third-order valence-electron chi connectivity index (χ3n) is 4.01. The zero-order valence-corrected chi connectivity index (χ0v) is 16.4. The van der Waals surface area contributed by atoms with Gasteiger partial charge in [0.2, 0.25) is 0 Å². The van der Waals surface area contributed by atoms with Crippen LogP contribution in [-0.4, -0.2) is 42.6 Å². The molecule has 26 heavy (non-hydrogen) atoms. The average Bonchev–Trinajstić information content (AvgIpc) is 2.89. The fraction of sp³-hybridized carbons (Fsp3) is 0.474. The van der Waals surface area contributed by atoms with Gasteiger partial charge in [-0.2, -0.15) is 0 Å². The molecule has 1 N–H and O–H groups in total. The molecule has 6 nitrogen and oxygen atoms in total. The van der Waals surface area contributed by atoms with Crippen molar-refractivity contribution >= 4 is 17.3 Å². The number of hydrogen-bond donors (Lipinski definition) is 1. The first-order chi connectivity index (χ1) is 12.7. The van der Waals surface area contributed by atoms with Gasteiger partial charge in [-0.3, -0.25) is 0 Å². The Morgan fingerprint density at radius 2 is 2.19 bits per heavy atom. The molecule has 3 rings (SSSR count). The van der Waals surface area contributed by atoms with Crippen molar-refractivity contribution in [1.82, 2.24) is 15.2 Å². The predicted octanol–water partition coefficient (Wildman–Crippen LogP) is 3.21. The molecule has 0 unspecified atom stereocenters. The first-order valence-corrected chi connectivity index (χ1v) is 9.83. The summed E-state index contributed by atoms with van der Waals surface area (Å²) in [5.41, 5.74) is 2.10. The molecule has 1 aromatic heterocycles. The van der Waals surface area contributed by atoms with Gasteiger partial charge in [0.25, 0.3) is 0 Å². The van der Waals surface area contributed by atoms with Crippen molar-refractivity contribution in [3.05, 3.63) is 39.8 Å². The number of hydrogen-bond acceptors (Lipinski definition) is 5. The van der Waals surface area contributed by atoms with E-state index in [1.807, 2.05) is 32.2 Å². The van der Waals surface area contributed by atoms with Crippen molar-refractivity contribution in [2.24, 2.45) is 4.99 Å². The molecule has 1 aliphatic rings. The molecule has 0 aliphatic carbocycles. The Kier molecular flexibility index (Phi) is 6.33. The fourth-order valence-electron chi connectivity index (χ4n) is 2.81. The normalized spacial score (nSPS) is 14.0. The largest absolute Gasteiger partial charge is 0.490 e. The summed E-state index contributed by atoms with van der Waals surface area (Å²) >= 11 is 1.67. The van der Waals surface area contributed by atoms with Crippen LogP contribution in [0.1, 0.15) is 29.6 Å². The van der Waals surface area contributed by atoms with Crippen molar-refractivity contribution in [2.45, 2.75) is 33.4 Å². The Hall–Kier alpha value is -2.28. The number of para-hydroxylation sites is 1. The predicted molar refractivity (Wildman–Crippen MR) is 105 cm³/mol. The molecule has 1 aromatic carbocycles. The number of nitrogens with one attached hydrogen (secondary N) is 1. The molecular formula is C19H26N4O2S. The quantitative estimate of drug-likeness (QED) is 0.643. The summed E-state index contributed by atoms with van der Waals surface area (Å²) in [5.74, 6) is 2.49. The van der Waals surface area contributed by atoms with Crippen LogP contribution < -0.4 is 14.8 Å². The smallest absolute Gasteiger partial charge is 0.194 e. The molecule has 7 heteroatoms. The molecule has 1 aliphatic heterocycles. The third-order valence-corrected chi connectivity index (χ3v) is 4.84. The monoisotopic (exact) mass is 374 g/mol. The van der Waals surface area contributed by atoms with Gasteiger partial charge in [0.05, 0.1) is 37.0 Å². The van der Waals surface area contributed by atoms with E-state index in [0.717, 1.165) is 53.2 Å². The van der Waals surface area contributed by atoms with E-state index in [9.17, 15) is 0 Å². The maximum Gasteiger partial charge on any atom is 0.194 e. The minimum absolute atomic E-state index is 0.537. The number of aryl methyl sites for hydroxylation is 1. The molecule has 0 radical (unpaired) electrons. The Morgan fingerprint density at radius 3 is 2.96 bits per heavy atom. The summed E-state index contributed by atoms with van der Waals surface area (Å²) in [7, 11) is 2.03. The second-order valence-electron chi connectivity index (χ2n) is 6.18. The minimum atomic E-state index is 0.537. The van der Waals surface area contributed by atoms with Gasteiger partial charge in [0, 0.05) is 31.0 Å². The Labute approximate surface area is 158 Å². The van der Waals surface area contributed by atoms with Crippen LogP contribution >= 0.6 is 11.3 Å². The maximum absolute atomic E-state index is 5.89. The van der Waals surface area contributed by atoms with Crippen LogP contribution in [0.3, 0.4) is 0 Å². The Balaban J connectivity index is 1.75. The lowest BCUT2D eigenvalue weighted by Gasteiger charge is -2.21. The average molecular weight is 375 g/mol. The SMILES string of the molecule is CCNC(=NCc1cccc2c1OCCCO2)N(C)Cc1csc(C)n1. The molecule has 0 spiro atoms. The van der Waals surface area contributed by atoms with Gasteiger partial charge in [-0.05, 0) is 19.9 Å². The number of thiazole rings is 1. The Bertz CT molecular complexity index is 760. The van der Waals surface area contributed by atoms with Crippen molar-refractivity contribution in [3.8, 4) is 11.5 Å². The Morgan fingerprint density at radius 1 is 1.35 bits per heavy atom. The number of ether oxygens (including phenoxy) is 2. The van der Waals surface area contributed by atoms with E-state index in [-0.39, 0.29) is 0 Å². The first kappa shape index (κ1) is 18.5. The van der Waals surface area contributed by atoms with Crippen molar-refractivity contribution in [1.29, 1.82) is 0 Å². The number of nitrogens with zero attached hydrogens (tertiary/aromatic N) is 3. The third kappa shape index (κ3) is 4.66. The lowest BCUT2D eigenvalue weighted by atomic mass is 10.2. The van der Waals surface area contributed by atoms with E-state index < -0.39 is 0 Å². The topological polar surface area (TPSA) is 59.0 Å². The second-order valence-corrected chi connectivity index (χ2v) is 7.24. The van der Waals surface area contributed by atoms with E-state index in [4.69, 9.17) is 14.5 Å². The molecule has 0 bridgehead atoms. The number of benzene rings is 1. The summed E-state index contributed by atoms with van der Waals surface area (Å²) in [4.78, 5) is 11.4. The van der Waals surface area contributed by atoms with Crippen LogP contribution in [0.4, 0.5) is 0 Å². The molecule has 0 saturated carbocycles. The highest BCUT2D eigenvalue weighted by atomic mass is 32.1. The molecule has 140 valence electrons. The van der Waals surface area contributed by atoms with E-state index in [1.54, 1.807) is 11.3 Å². The van der Waals surface area contributed by atoms with Gasteiger partial charge in [0.15, 0.2) is 17.5 Å².